The molecule has 0 aliphatic carbocycles. The lowest BCUT2D eigenvalue weighted by Crippen LogP contribution is -2.35. The molecule has 1 unspecified atom stereocenters. The van der Waals surface area contributed by atoms with E-state index in [9.17, 15) is 4.79 Å². The molecule has 26 heavy (non-hydrogen) atoms. The maximum absolute atomic E-state index is 12.4. The maximum Gasteiger partial charge on any atom is 0.226 e. The molecule has 0 spiro atoms. The van der Waals surface area contributed by atoms with Crippen LogP contribution in [0, 0.1) is 6.92 Å². The van der Waals surface area contributed by atoms with E-state index in [0.29, 0.717) is 23.9 Å². The highest BCUT2D eigenvalue weighted by Gasteiger charge is 2.18. The van der Waals surface area contributed by atoms with Crippen LogP contribution in [-0.4, -0.2) is 36.4 Å². The first-order valence-electron chi connectivity index (χ1n) is 8.53. The van der Waals surface area contributed by atoms with Gasteiger partial charge in [-0.05, 0) is 44.6 Å². The fourth-order valence-electron chi connectivity index (χ4n) is 2.74. The topological polar surface area (TPSA) is 58.4 Å². The molecular weight excluding hydrogens is 346 g/mol. The molecule has 5 nitrogen and oxygen atoms in total. The lowest BCUT2D eigenvalue weighted by Gasteiger charge is -2.23. The first-order chi connectivity index (χ1) is 12.5. The Morgan fingerprint density at radius 3 is 2.65 bits per heavy atom. The molecule has 1 N–H and O–H groups in total. The molecule has 0 bridgehead atoms. The average molecular weight is 369 g/mol. The van der Waals surface area contributed by atoms with Gasteiger partial charge >= 0.3 is 0 Å². The van der Waals surface area contributed by atoms with Gasteiger partial charge in [0.15, 0.2) is 0 Å². The Bertz CT molecular complexity index is 841. The van der Waals surface area contributed by atoms with E-state index in [1.165, 1.54) is 4.88 Å². The van der Waals surface area contributed by atoms with Crippen LogP contribution in [0.15, 0.2) is 52.3 Å². The van der Waals surface area contributed by atoms with Crippen LogP contribution in [0.3, 0.4) is 0 Å². The summed E-state index contributed by atoms with van der Waals surface area (Å²) in [4.78, 5) is 20.2. The van der Waals surface area contributed by atoms with Crippen molar-refractivity contribution in [2.24, 2.45) is 0 Å². The van der Waals surface area contributed by atoms with Crippen LogP contribution >= 0.6 is 11.3 Å². The maximum atomic E-state index is 12.4. The number of aromatic nitrogens is 1. The first-order valence-corrected chi connectivity index (χ1v) is 9.41. The van der Waals surface area contributed by atoms with Crippen molar-refractivity contribution < 1.29 is 9.21 Å². The Morgan fingerprint density at radius 2 is 2.00 bits per heavy atom. The molecule has 1 atom stereocenters. The van der Waals surface area contributed by atoms with Gasteiger partial charge in [-0.15, -0.1) is 11.3 Å². The molecular formula is C20H23N3O2S. The number of nitrogens with zero attached hydrogens (tertiary/aromatic N) is 2. The fraction of sp³-hybridized carbons (Fsp3) is 0.300. The third-order valence-electron chi connectivity index (χ3n) is 4.23. The zero-order valence-corrected chi connectivity index (χ0v) is 16.0. The van der Waals surface area contributed by atoms with Gasteiger partial charge in [0.05, 0.1) is 18.2 Å². The molecule has 1 amide bonds. The van der Waals surface area contributed by atoms with Gasteiger partial charge in [0, 0.05) is 17.0 Å². The van der Waals surface area contributed by atoms with Crippen LogP contribution in [0.2, 0.25) is 0 Å². The summed E-state index contributed by atoms with van der Waals surface area (Å²) in [6.07, 6.45) is 0.215. The highest BCUT2D eigenvalue weighted by Crippen LogP contribution is 2.23. The zero-order valence-electron chi connectivity index (χ0n) is 15.2. The van der Waals surface area contributed by atoms with Crippen molar-refractivity contribution in [2.75, 3.05) is 20.6 Å². The summed E-state index contributed by atoms with van der Waals surface area (Å²) in [5.74, 6) is 1.18. The van der Waals surface area contributed by atoms with Crippen LogP contribution in [0.1, 0.15) is 22.4 Å². The standard InChI is InChI=1S/C20H23N3O2S/c1-14-16(22-20(25-14)15-8-5-4-6-9-15)12-19(24)21-13-17(23(2)3)18-10-7-11-26-18/h4-11,17H,12-13H2,1-3H3,(H,21,24). The predicted octanol–water partition coefficient (Wildman–Crippen LogP) is 3.67. The van der Waals surface area contributed by atoms with Crippen LogP contribution in [0.5, 0.6) is 0 Å². The number of benzene rings is 1. The number of nitrogens with one attached hydrogen (secondary N) is 1. The van der Waals surface area contributed by atoms with Crippen LogP contribution in [0.4, 0.5) is 0 Å². The van der Waals surface area contributed by atoms with Crippen molar-refractivity contribution in [2.45, 2.75) is 19.4 Å². The Hall–Kier alpha value is -2.44. The van der Waals surface area contributed by atoms with Crippen molar-refractivity contribution in [3.05, 3.63) is 64.2 Å². The summed E-state index contributed by atoms with van der Waals surface area (Å²) in [6, 6.07) is 14.0. The Labute approximate surface area is 157 Å². The van der Waals surface area contributed by atoms with Crippen molar-refractivity contribution >= 4 is 17.2 Å². The number of hydrogen-bond acceptors (Lipinski definition) is 5. The summed E-state index contributed by atoms with van der Waals surface area (Å²) in [7, 11) is 4.04. The summed E-state index contributed by atoms with van der Waals surface area (Å²) >= 11 is 1.70. The molecule has 2 aromatic heterocycles. The van der Waals surface area contributed by atoms with Gasteiger partial charge in [-0.2, -0.15) is 0 Å². The van der Waals surface area contributed by atoms with E-state index >= 15 is 0 Å². The van der Waals surface area contributed by atoms with Gasteiger partial charge in [0.25, 0.3) is 0 Å². The van der Waals surface area contributed by atoms with Crippen LogP contribution < -0.4 is 5.32 Å². The quantitative estimate of drug-likeness (QED) is 0.690. The van der Waals surface area contributed by atoms with Crippen molar-refractivity contribution in [3.8, 4) is 11.5 Å². The van der Waals surface area contributed by atoms with Crippen molar-refractivity contribution in [1.82, 2.24) is 15.2 Å². The number of carbonyl (C=O) groups is 1. The predicted molar refractivity (Wildman–Crippen MR) is 104 cm³/mol. The lowest BCUT2D eigenvalue weighted by molar-refractivity contribution is -0.120. The molecule has 0 aliphatic heterocycles. The summed E-state index contributed by atoms with van der Waals surface area (Å²) in [5.41, 5.74) is 1.59. The summed E-state index contributed by atoms with van der Waals surface area (Å²) in [6.45, 7) is 2.41. The Balaban J connectivity index is 1.62. The highest BCUT2D eigenvalue weighted by molar-refractivity contribution is 7.10. The number of hydrogen-bond donors (Lipinski definition) is 1. The largest absolute Gasteiger partial charge is 0.441 e. The molecule has 3 rings (SSSR count). The van der Waals surface area contributed by atoms with E-state index in [4.69, 9.17) is 4.42 Å². The molecule has 2 heterocycles. The Kier molecular flexibility index (Phi) is 5.85. The van der Waals surface area contributed by atoms with Gasteiger partial charge in [0.2, 0.25) is 11.8 Å². The van der Waals surface area contributed by atoms with E-state index in [1.54, 1.807) is 11.3 Å². The molecule has 0 saturated carbocycles. The minimum Gasteiger partial charge on any atom is -0.441 e. The van der Waals surface area contributed by atoms with Gasteiger partial charge in [-0.3, -0.25) is 4.79 Å². The highest BCUT2D eigenvalue weighted by atomic mass is 32.1. The third kappa shape index (κ3) is 4.39. The monoisotopic (exact) mass is 369 g/mol. The van der Waals surface area contributed by atoms with Crippen molar-refractivity contribution in [3.63, 3.8) is 0 Å². The Morgan fingerprint density at radius 1 is 1.23 bits per heavy atom. The number of rotatable bonds is 7. The summed E-state index contributed by atoms with van der Waals surface area (Å²) in [5, 5.41) is 5.07. The number of thiophene rings is 1. The normalized spacial score (nSPS) is 12.3. The second kappa shape index (κ2) is 8.29. The number of carbonyl (C=O) groups excluding carboxylic acids is 1. The van der Waals surface area contributed by atoms with E-state index in [2.05, 4.69) is 26.6 Å². The van der Waals surface area contributed by atoms with Crippen LogP contribution in [0.25, 0.3) is 11.5 Å². The second-order valence-corrected chi connectivity index (χ2v) is 7.34. The smallest absolute Gasteiger partial charge is 0.226 e. The van der Waals surface area contributed by atoms with Gasteiger partial charge in [-0.25, -0.2) is 4.98 Å². The van der Waals surface area contributed by atoms with E-state index in [1.807, 2.05) is 57.4 Å². The number of aryl methyl sites for hydroxylation is 1. The molecule has 0 radical (unpaired) electrons. The summed E-state index contributed by atoms with van der Waals surface area (Å²) < 4.78 is 5.73. The fourth-order valence-corrected chi connectivity index (χ4v) is 3.66. The minimum atomic E-state index is -0.0515. The van der Waals surface area contributed by atoms with E-state index in [-0.39, 0.29) is 18.4 Å². The SMILES string of the molecule is Cc1oc(-c2ccccc2)nc1CC(=O)NCC(c1cccs1)N(C)C. The molecule has 0 aliphatic rings. The average Bonchev–Trinajstić information content (AvgIpc) is 3.26. The number of amides is 1. The van der Waals surface area contributed by atoms with E-state index in [0.717, 1.165) is 5.56 Å². The molecule has 0 fully saturated rings. The zero-order chi connectivity index (χ0) is 18.5. The van der Waals surface area contributed by atoms with Gasteiger partial charge in [0.1, 0.15) is 5.76 Å². The first kappa shape index (κ1) is 18.4. The van der Waals surface area contributed by atoms with E-state index < -0.39 is 0 Å². The minimum absolute atomic E-state index is 0.0515. The van der Waals surface area contributed by atoms with Gasteiger partial charge < -0.3 is 14.6 Å². The molecule has 0 saturated heterocycles. The lowest BCUT2D eigenvalue weighted by atomic mass is 10.2. The third-order valence-corrected chi connectivity index (χ3v) is 5.20. The van der Waals surface area contributed by atoms with Crippen molar-refractivity contribution in [1.29, 1.82) is 0 Å². The van der Waals surface area contributed by atoms with Crippen LogP contribution in [-0.2, 0) is 11.2 Å². The molecule has 136 valence electrons. The second-order valence-electron chi connectivity index (χ2n) is 6.36. The molecule has 3 aromatic rings. The number of oxazole rings is 1. The molecule has 6 heteroatoms. The number of likely N-dealkylation sites (N-methyl/N-ethyl adjacent to an activating group) is 1. The molecule has 1 aromatic carbocycles. The van der Waals surface area contributed by atoms with Gasteiger partial charge in [-0.1, -0.05) is 24.3 Å².